The van der Waals surface area contributed by atoms with E-state index < -0.39 is 0 Å². The normalized spacial score (nSPS) is 17.5. The zero-order valence-electron chi connectivity index (χ0n) is 9.61. The molecule has 1 N–H and O–H groups in total. The first-order valence-electron chi connectivity index (χ1n) is 6.04. The molecule has 1 aromatic heterocycles. The Balaban J connectivity index is 1.88. The fraction of sp³-hybridized carbons (Fsp3) is 0.667. The molecule has 1 aliphatic rings. The third kappa shape index (κ3) is 2.92. The Labute approximate surface area is 96.1 Å². The Morgan fingerprint density at radius 2 is 2.19 bits per heavy atom. The summed E-state index contributed by atoms with van der Waals surface area (Å²) in [5, 5.41) is 7.22. The van der Waals surface area contributed by atoms with Gasteiger partial charge in [0.05, 0.1) is 6.54 Å². The number of hydrogen-bond acceptors (Lipinski definition) is 4. The molecule has 0 bridgehead atoms. The molecule has 4 nitrogen and oxygen atoms in total. The number of nitrogens with one attached hydrogen (secondary N) is 1. The molecule has 1 fully saturated rings. The first kappa shape index (κ1) is 11.3. The first-order valence-corrected chi connectivity index (χ1v) is 6.04. The van der Waals surface area contributed by atoms with Crippen LogP contribution >= 0.6 is 0 Å². The minimum absolute atomic E-state index is 0.519. The fourth-order valence-electron chi connectivity index (χ4n) is 2.15. The second kappa shape index (κ2) is 5.80. The molecule has 0 atom stereocenters. The second-order valence-corrected chi connectivity index (χ2v) is 4.30. The average molecular weight is 221 g/mol. The highest BCUT2D eigenvalue weighted by atomic mass is 16.5. The van der Waals surface area contributed by atoms with Crippen molar-refractivity contribution in [2.45, 2.75) is 44.6 Å². The van der Waals surface area contributed by atoms with Gasteiger partial charge in [0.1, 0.15) is 0 Å². The molecule has 4 heteroatoms. The van der Waals surface area contributed by atoms with Crippen molar-refractivity contribution in [1.82, 2.24) is 15.5 Å². The van der Waals surface area contributed by atoms with Crippen LogP contribution in [0.15, 0.2) is 17.2 Å². The Morgan fingerprint density at radius 3 is 2.94 bits per heavy atom. The number of nitrogens with zero attached hydrogens (tertiary/aromatic N) is 2. The maximum atomic E-state index is 5.21. The summed E-state index contributed by atoms with van der Waals surface area (Å²) in [4.78, 5) is 4.43. The summed E-state index contributed by atoms with van der Waals surface area (Å²) in [6.45, 7) is 5.04. The van der Waals surface area contributed by atoms with Gasteiger partial charge in [-0.2, -0.15) is 4.98 Å². The van der Waals surface area contributed by atoms with Crippen molar-refractivity contribution in [3.63, 3.8) is 0 Å². The molecule has 0 unspecified atom stereocenters. The van der Waals surface area contributed by atoms with Crippen molar-refractivity contribution in [3.05, 3.63) is 24.4 Å². The zero-order chi connectivity index (χ0) is 11.2. The summed E-state index contributed by atoms with van der Waals surface area (Å²) in [5.41, 5.74) is 0. The molecule has 2 rings (SSSR count). The Hall–Kier alpha value is -1.16. The van der Waals surface area contributed by atoms with Gasteiger partial charge in [0.2, 0.25) is 5.89 Å². The molecule has 0 aliphatic heterocycles. The standard InChI is InChI=1S/C12H19N3O/c1-2-8-13-9-11-14-12(15-16-11)10-6-4-3-5-7-10/h2,10,13H,1,3-9H2. The van der Waals surface area contributed by atoms with Gasteiger partial charge in [0.15, 0.2) is 5.82 Å². The van der Waals surface area contributed by atoms with E-state index in [0.717, 1.165) is 12.4 Å². The Kier molecular flexibility index (Phi) is 4.10. The molecule has 1 saturated carbocycles. The first-order chi connectivity index (χ1) is 7.90. The second-order valence-electron chi connectivity index (χ2n) is 4.30. The van der Waals surface area contributed by atoms with Crippen LogP contribution in [0.25, 0.3) is 0 Å². The maximum absolute atomic E-state index is 5.21. The van der Waals surface area contributed by atoms with Crippen LogP contribution in [0.2, 0.25) is 0 Å². The van der Waals surface area contributed by atoms with E-state index in [1.807, 2.05) is 6.08 Å². The van der Waals surface area contributed by atoms with Crippen LogP contribution < -0.4 is 5.32 Å². The van der Waals surface area contributed by atoms with Crippen LogP contribution in [0.4, 0.5) is 0 Å². The molecule has 0 amide bonds. The lowest BCUT2D eigenvalue weighted by Crippen LogP contribution is -2.13. The molecule has 1 aliphatic carbocycles. The third-order valence-corrected chi connectivity index (χ3v) is 3.02. The largest absolute Gasteiger partial charge is 0.338 e. The van der Waals surface area contributed by atoms with Gasteiger partial charge in [-0.3, -0.25) is 0 Å². The smallest absolute Gasteiger partial charge is 0.240 e. The summed E-state index contributed by atoms with van der Waals surface area (Å²) in [6, 6.07) is 0. The van der Waals surface area contributed by atoms with E-state index in [9.17, 15) is 0 Å². The van der Waals surface area contributed by atoms with Gasteiger partial charge in [-0.15, -0.1) is 6.58 Å². The van der Waals surface area contributed by atoms with Gasteiger partial charge in [0.25, 0.3) is 0 Å². The minimum atomic E-state index is 0.519. The van der Waals surface area contributed by atoms with Crippen LogP contribution in [0.1, 0.15) is 49.7 Å². The van der Waals surface area contributed by atoms with E-state index >= 15 is 0 Å². The molecular formula is C12H19N3O. The number of hydrogen-bond donors (Lipinski definition) is 1. The van der Waals surface area contributed by atoms with Crippen LogP contribution in [-0.2, 0) is 6.54 Å². The maximum Gasteiger partial charge on any atom is 0.240 e. The van der Waals surface area contributed by atoms with Gasteiger partial charge in [-0.25, -0.2) is 0 Å². The van der Waals surface area contributed by atoms with Crippen molar-refractivity contribution in [1.29, 1.82) is 0 Å². The zero-order valence-corrected chi connectivity index (χ0v) is 9.61. The molecule has 0 radical (unpaired) electrons. The Bertz CT molecular complexity index is 329. The summed E-state index contributed by atoms with van der Waals surface area (Å²) >= 11 is 0. The van der Waals surface area contributed by atoms with Gasteiger partial charge in [0, 0.05) is 12.5 Å². The van der Waals surface area contributed by atoms with E-state index in [4.69, 9.17) is 4.52 Å². The lowest BCUT2D eigenvalue weighted by molar-refractivity contribution is 0.352. The van der Waals surface area contributed by atoms with Gasteiger partial charge in [-0.1, -0.05) is 30.5 Å². The van der Waals surface area contributed by atoms with Crippen molar-refractivity contribution in [2.24, 2.45) is 0 Å². The molecule has 16 heavy (non-hydrogen) atoms. The van der Waals surface area contributed by atoms with Crippen molar-refractivity contribution in [2.75, 3.05) is 6.54 Å². The number of rotatable bonds is 5. The van der Waals surface area contributed by atoms with E-state index in [2.05, 4.69) is 22.0 Å². The van der Waals surface area contributed by atoms with Crippen molar-refractivity contribution in [3.8, 4) is 0 Å². The molecule has 0 spiro atoms. The molecule has 0 saturated heterocycles. The van der Waals surface area contributed by atoms with Crippen LogP contribution in [0.5, 0.6) is 0 Å². The molecule has 1 aromatic rings. The van der Waals surface area contributed by atoms with Crippen LogP contribution in [0.3, 0.4) is 0 Å². The minimum Gasteiger partial charge on any atom is -0.338 e. The third-order valence-electron chi connectivity index (χ3n) is 3.02. The molecule has 0 aromatic carbocycles. The monoisotopic (exact) mass is 221 g/mol. The highest BCUT2D eigenvalue weighted by molar-refractivity contribution is 4.96. The van der Waals surface area contributed by atoms with E-state index in [0.29, 0.717) is 18.4 Å². The lowest BCUT2D eigenvalue weighted by Gasteiger charge is -2.17. The summed E-state index contributed by atoms with van der Waals surface area (Å²) in [5.74, 6) is 2.10. The van der Waals surface area contributed by atoms with E-state index in [-0.39, 0.29) is 0 Å². The molecule has 1 heterocycles. The highest BCUT2D eigenvalue weighted by Gasteiger charge is 2.20. The topological polar surface area (TPSA) is 51.0 Å². The van der Waals surface area contributed by atoms with Crippen molar-refractivity contribution < 1.29 is 4.52 Å². The lowest BCUT2D eigenvalue weighted by atomic mass is 9.89. The fourth-order valence-corrected chi connectivity index (χ4v) is 2.15. The predicted molar refractivity (Wildman–Crippen MR) is 62.0 cm³/mol. The summed E-state index contributed by atoms with van der Waals surface area (Å²) in [7, 11) is 0. The van der Waals surface area contributed by atoms with Gasteiger partial charge in [-0.05, 0) is 12.8 Å². The highest BCUT2D eigenvalue weighted by Crippen LogP contribution is 2.30. The van der Waals surface area contributed by atoms with Gasteiger partial charge >= 0.3 is 0 Å². The van der Waals surface area contributed by atoms with E-state index in [1.165, 1.54) is 32.1 Å². The average Bonchev–Trinajstić information content (AvgIpc) is 2.79. The quantitative estimate of drug-likeness (QED) is 0.612. The van der Waals surface area contributed by atoms with Crippen LogP contribution in [0, 0.1) is 0 Å². The summed E-state index contributed by atoms with van der Waals surface area (Å²) in [6.07, 6.45) is 8.17. The number of aromatic nitrogens is 2. The van der Waals surface area contributed by atoms with Gasteiger partial charge < -0.3 is 9.84 Å². The Morgan fingerprint density at radius 1 is 1.38 bits per heavy atom. The SMILES string of the molecule is C=CCNCc1nc(C2CCCCC2)no1. The van der Waals surface area contributed by atoms with Crippen LogP contribution in [-0.4, -0.2) is 16.7 Å². The molecular weight excluding hydrogens is 202 g/mol. The van der Waals surface area contributed by atoms with E-state index in [1.54, 1.807) is 0 Å². The predicted octanol–water partition coefficient (Wildman–Crippen LogP) is 2.39. The summed E-state index contributed by atoms with van der Waals surface area (Å²) < 4.78 is 5.21. The molecule has 88 valence electrons. The van der Waals surface area contributed by atoms with Crippen molar-refractivity contribution >= 4 is 0 Å².